The molecule has 0 radical (unpaired) electrons. The van der Waals surface area contributed by atoms with Crippen LogP contribution in [0.5, 0.6) is 0 Å². The number of hydrogen-bond acceptors (Lipinski definition) is 5. The first-order chi connectivity index (χ1) is 13.7. The van der Waals surface area contributed by atoms with Crippen LogP contribution in [0.3, 0.4) is 0 Å². The van der Waals surface area contributed by atoms with Gasteiger partial charge in [-0.25, -0.2) is 19.5 Å². The van der Waals surface area contributed by atoms with Gasteiger partial charge in [0.15, 0.2) is 5.03 Å². The summed E-state index contributed by atoms with van der Waals surface area (Å²) in [5, 5.41) is 13.1. The van der Waals surface area contributed by atoms with Gasteiger partial charge in [0.1, 0.15) is 6.17 Å². The van der Waals surface area contributed by atoms with Gasteiger partial charge in [-0.2, -0.15) is 0 Å². The minimum absolute atomic E-state index is 0.163. The van der Waals surface area contributed by atoms with Crippen molar-refractivity contribution in [2.45, 2.75) is 33.4 Å². The molecule has 1 amide bonds. The van der Waals surface area contributed by atoms with Crippen molar-refractivity contribution in [1.29, 1.82) is 0 Å². The lowest BCUT2D eigenvalue weighted by Gasteiger charge is -2.28. The van der Waals surface area contributed by atoms with Crippen LogP contribution in [0, 0.1) is 15.5 Å². The van der Waals surface area contributed by atoms with Gasteiger partial charge in [-0.1, -0.05) is 44.4 Å². The molecule has 0 saturated heterocycles. The molecule has 2 N–H and O–H groups in total. The van der Waals surface area contributed by atoms with Crippen LogP contribution >= 0.6 is 11.8 Å². The van der Waals surface area contributed by atoms with Crippen molar-refractivity contribution in [2.24, 2.45) is 10.4 Å². The Morgan fingerprint density at radius 2 is 1.97 bits per heavy atom. The van der Waals surface area contributed by atoms with Gasteiger partial charge >= 0.3 is 0 Å². The van der Waals surface area contributed by atoms with E-state index in [0.29, 0.717) is 17.7 Å². The molecule has 1 aromatic heterocycles. The molecule has 10 heteroatoms. The van der Waals surface area contributed by atoms with Crippen LogP contribution < -0.4 is 10.7 Å². The number of pyridine rings is 1. The van der Waals surface area contributed by atoms with Gasteiger partial charge in [0.05, 0.1) is 11.9 Å². The lowest BCUT2D eigenvalue weighted by molar-refractivity contribution is -0.525. The molecule has 0 aliphatic carbocycles. The third-order valence-electron chi connectivity index (χ3n) is 3.67. The van der Waals surface area contributed by atoms with E-state index in [4.69, 9.17) is 11.8 Å². The summed E-state index contributed by atoms with van der Waals surface area (Å²) in [6.07, 6.45) is 2.57. The van der Waals surface area contributed by atoms with E-state index in [1.165, 1.54) is 6.20 Å². The van der Waals surface area contributed by atoms with Gasteiger partial charge in [-0.3, -0.25) is 9.78 Å². The van der Waals surface area contributed by atoms with Gasteiger partial charge in [0.25, 0.3) is 11.9 Å². The second-order valence-electron chi connectivity index (χ2n) is 7.44. The number of nitrogens with zero attached hydrogens (tertiary/aromatic N) is 4. The summed E-state index contributed by atoms with van der Waals surface area (Å²) in [5.74, 6) is -0.615. The largest absolute Gasteiger partial charge is 0.320 e. The summed E-state index contributed by atoms with van der Waals surface area (Å²) in [6.45, 7) is 5.88. The number of hydrazine groups is 1. The number of halogens is 1. The summed E-state index contributed by atoms with van der Waals surface area (Å²) in [4.78, 5) is 32.1. The molecule has 154 valence electrons. The molecule has 2 rings (SSSR count). The molecule has 0 spiro atoms. The quantitative estimate of drug-likeness (QED) is 0.243. The molecular weight excluding hydrogens is 396 g/mol. The molecular formula is C19H23ClN6O3. The molecule has 29 heavy (non-hydrogen) atoms. The fraction of sp³-hybridized carbons (Fsp3) is 0.316. The van der Waals surface area contributed by atoms with E-state index in [1.807, 2.05) is 26.2 Å². The Balaban J connectivity index is 2.36. The number of guanidine groups is 1. The first-order valence-corrected chi connectivity index (χ1v) is 9.20. The monoisotopic (exact) mass is 418 g/mol. The average Bonchev–Trinajstić information content (AvgIpc) is 2.66. The number of carbonyl (C=O) groups is 1. The van der Waals surface area contributed by atoms with E-state index >= 15 is 0 Å². The summed E-state index contributed by atoms with van der Waals surface area (Å²) in [7, 11) is 0. The van der Waals surface area contributed by atoms with Crippen LogP contribution in [0.15, 0.2) is 59.9 Å². The molecule has 1 atom stereocenters. The molecule has 1 heterocycles. The highest BCUT2D eigenvalue weighted by Gasteiger charge is 2.28. The Morgan fingerprint density at radius 3 is 2.52 bits per heavy atom. The van der Waals surface area contributed by atoms with Crippen LogP contribution in [-0.4, -0.2) is 32.5 Å². The highest BCUT2D eigenvalue weighted by atomic mass is 35.5. The number of aliphatic imine (C=N–C) groups is 1. The molecule has 2 aromatic rings. The number of carbonyl (C=O) groups excluding carboxylic acids is 1. The minimum atomic E-state index is -0.865. The maximum Gasteiger partial charge on any atom is 0.270 e. The number of benzene rings is 1. The Bertz CT molecular complexity index is 855. The molecule has 0 aliphatic heterocycles. The van der Waals surface area contributed by atoms with Gasteiger partial charge < -0.3 is 5.32 Å². The topological polar surface area (TPSA) is 113 Å². The second-order valence-corrected chi connectivity index (χ2v) is 7.81. The Kier molecular flexibility index (Phi) is 7.49. The van der Waals surface area contributed by atoms with Gasteiger partial charge in [0, 0.05) is 23.5 Å². The van der Waals surface area contributed by atoms with Crippen molar-refractivity contribution in [3.8, 4) is 0 Å². The number of rotatable bonds is 6. The normalized spacial score (nSPS) is 12.8. The van der Waals surface area contributed by atoms with E-state index in [-0.39, 0.29) is 11.4 Å². The molecule has 0 bridgehead atoms. The molecule has 1 aromatic carbocycles. The lowest BCUT2D eigenvalue weighted by atomic mass is 9.90. The standard InChI is InChI=1S/C19H23ClN6O3/c1-19(2,3)12-16(25(20)17(27)14-8-5-4-6-9-14)23-18(24-26(28)29)22-15-10-7-11-21-13-15/h4-11,13,16H,12H2,1-3H3,(H2,22,23,24). The molecule has 0 saturated carbocycles. The Labute approximate surface area is 174 Å². The van der Waals surface area contributed by atoms with Gasteiger partial charge in [-0.05, 0) is 36.1 Å². The van der Waals surface area contributed by atoms with Crippen molar-refractivity contribution in [3.63, 3.8) is 0 Å². The van der Waals surface area contributed by atoms with Crippen LogP contribution in [0.4, 0.5) is 5.69 Å². The maximum atomic E-state index is 12.8. The summed E-state index contributed by atoms with van der Waals surface area (Å²) in [5.41, 5.74) is 2.64. The summed E-state index contributed by atoms with van der Waals surface area (Å²) in [6, 6.07) is 11.9. The molecule has 0 fully saturated rings. The smallest absolute Gasteiger partial charge is 0.270 e. The minimum Gasteiger partial charge on any atom is -0.320 e. The lowest BCUT2D eigenvalue weighted by Crippen LogP contribution is -2.41. The highest BCUT2D eigenvalue weighted by molar-refractivity contribution is 6.24. The zero-order valence-electron chi connectivity index (χ0n) is 16.4. The Hall–Kier alpha value is -3.20. The first-order valence-electron chi connectivity index (χ1n) is 8.86. The van der Waals surface area contributed by atoms with Crippen molar-refractivity contribution in [2.75, 3.05) is 5.32 Å². The van der Waals surface area contributed by atoms with Crippen molar-refractivity contribution < 1.29 is 9.83 Å². The highest BCUT2D eigenvalue weighted by Crippen LogP contribution is 2.26. The van der Waals surface area contributed by atoms with E-state index in [9.17, 15) is 14.9 Å². The molecule has 1 unspecified atom stereocenters. The van der Waals surface area contributed by atoms with Crippen LogP contribution in [0.1, 0.15) is 37.6 Å². The third kappa shape index (κ3) is 7.38. The summed E-state index contributed by atoms with van der Waals surface area (Å²) < 4.78 is 0.965. The Morgan fingerprint density at radius 1 is 1.28 bits per heavy atom. The van der Waals surface area contributed by atoms with E-state index < -0.39 is 17.1 Å². The summed E-state index contributed by atoms with van der Waals surface area (Å²) >= 11 is 6.36. The third-order valence-corrected chi connectivity index (χ3v) is 4.05. The SMILES string of the molecule is CC(C)(C)CC(N=C(Nc1cccnc1)N[N+](=O)[O-])N(Cl)C(=O)c1ccccc1. The predicted octanol–water partition coefficient (Wildman–Crippen LogP) is 3.69. The van der Waals surface area contributed by atoms with Gasteiger partial charge in [-0.15, -0.1) is 0 Å². The number of anilines is 1. The average molecular weight is 419 g/mol. The number of hydrogen-bond donors (Lipinski definition) is 2. The van der Waals surface area contributed by atoms with Gasteiger partial charge in [0.2, 0.25) is 0 Å². The number of amides is 1. The van der Waals surface area contributed by atoms with E-state index in [1.54, 1.807) is 48.7 Å². The number of nitrogens with one attached hydrogen (secondary N) is 2. The first kappa shape index (κ1) is 22.1. The zero-order chi connectivity index (χ0) is 21.4. The molecule has 9 nitrogen and oxygen atoms in total. The second kappa shape index (κ2) is 9.83. The van der Waals surface area contributed by atoms with Crippen LogP contribution in [-0.2, 0) is 0 Å². The van der Waals surface area contributed by atoms with Crippen molar-refractivity contribution in [3.05, 3.63) is 70.5 Å². The van der Waals surface area contributed by atoms with E-state index in [2.05, 4.69) is 15.3 Å². The number of nitro groups is 1. The van der Waals surface area contributed by atoms with Crippen molar-refractivity contribution in [1.82, 2.24) is 14.8 Å². The predicted molar refractivity (Wildman–Crippen MR) is 112 cm³/mol. The molecule has 0 aliphatic rings. The van der Waals surface area contributed by atoms with Crippen LogP contribution in [0.25, 0.3) is 0 Å². The fourth-order valence-electron chi connectivity index (χ4n) is 2.46. The number of aromatic nitrogens is 1. The van der Waals surface area contributed by atoms with E-state index in [0.717, 1.165) is 4.42 Å². The fourth-order valence-corrected chi connectivity index (χ4v) is 2.67. The zero-order valence-corrected chi connectivity index (χ0v) is 17.1. The van der Waals surface area contributed by atoms with Crippen LogP contribution in [0.2, 0.25) is 0 Å². The maximum absolute atomic E-state index is 12.8. The van der Waals surface area contributed by atoms with Crippen molar-refractivity contribution >= 4 is 29.3 Å².